The van der Waals surface area contributed by atoms with Crippen molar-refractivity contribution in [3.05, 3.63) is 70.7 Å². The number of hydrogen-bond donors (Lipinski definition) is 1. The van der Waals surface area contributed by atoms with Gasteiger partial charge >= 0.3 is 5.97 Å². The highest BCUT2D eigenvalue weighted by Crippen LogP contribution is 2.19. The van der Waals surface area contributed by atoms with Crippen molar-refractivity contribution in [1.29, 1.82) is 0 Å². The lowest BCUT2D eigenvalue weighted by molar-refractivity contribution is -0.152. The highest BCUT2D eigenvalue weighted by atomic mass is 35.5. The first-order chi connectivity index (χ1) is 14.0. The van der Waals surface area contributed by atoms with Crippen molar-refractivity contribution in [2.75, 3.05) is 19.7 Å². The maximum Gasteiger partial charge on any atom is 0.311 e. The minimum Gasteiger partial charge on any atom is -0.455 e. The smallest absolute Gasteiger partial charge is 0.311 e. The fraction of sp³-hybridized carbons (Fsp3) is 0.318. The van der Waals surface area contributed by atoms with E-state index in [1.54, 1.807) is 17.0 Å². The lowest BCUT2D eigenvalue weighted by Gasteiger charge is -2.16. The molecule has 2 aromatic carbocycles. The van der Waals surface area contributed by atoms with E-state index < -0.39 is 17.8 Å². The molecule has 1 N–H and O–H groups in total. The molecule has 2 amide bonds. The van der Waals surface area contributed by atoms with E-state index in [1.165, 1.54) is 0 Å². The first-order valence-corrected chi connectivity index (χ1v) is 9.88. The van der Waals surface area contributed by atoms with Gasteiger partial charge < -0.3 is 15.0 Å². The van der Waals surface area contributed by atoms with Gasteiger partial charge in [0.1, 0.15) is 0 Å². The number of carbonyl (C=O) groups is 3. The molecule has 0 radical (unpaired) electrons. The first kappa shape index (κ1) is 20.9. The standard InChI is InChI=1S/C22H23ClN2O4/c23-19-8-6-17(7-9-19)13-24-20(26)15-29-22(28)18-12-21(27)25(14-18)11-10-16-4-2-1-3-5-16/h1-9,18H,10-15H2,(H,24,26)/t18-/m1/s1. The molecule has 1 saturated heterocycles. The third-order valence-corrected chi connectivity index (χ3v) is 5.06. The number of likely N-dealkylation sites (tertiary alicyclic amines) is 1. The van der Waals surface area contributed by atoms with Gasteiger partial charge in [0.15, 0.2) is 6.61 Å². The molecule has 0 bridgehead atoms. The van der Waals surface area contributed by atoms with E-state index >= 15 is 0 Å². The average molecular weight is 415 g/mol. The summed E-state index contributed by atoms with van der Waals surface area (Å²) in [5.74, 6) is -1.49. The quantitative estimate of drug-likeness (QED) is 0.674. The number of esters is 1. The van der Waals surface area contributed by atoms with E-state index in [9.17, 15) is 14.4 Å². The van der Waals surface area contributed by atoms with Gasteiger partial charge in [0.25, 0.3) is 5.91 Å². The fourth-order valence-electron chi connectivity index (χ4n) is 3.16. The molecular formula is C22H23ClN2O4. The van der Waals surface area contributed by atoms with E-state index in [0.29, 0.717) is 24.7 Å². The fourth-order valence-corrected chi connectivity index (χ4v) is 3.29. The molecule has 0 aromatic heterocycles. The lowest BCUT2D eigenvalue weighted by Crippen LogP contribution is -2.31. The van der Waals surface area contributed by atoms with Crippen LogP contribution in [-0.2, 0) is 32.1 Å². The van der Waals surface area contributed by atoms with Crippen molar-refractivity contribution < 1.29 is 19.1 Å². The summed E-state index contributed by atoms with van der Waals surface area (Å²) in [4.78, 5) is 38.0. The van der Waals surface area contributed by atoms with Crippen molar-refractivity contribution in [2.45, 2.75) is 19.4 Å². The van der Waals surface area contributed by atoms with E-state index in [4.69, 9.17) is 16.3 Å². The molecule has 1 fully saturated rings. The van der Waals surface area contributed by atoms with Gasteiger partial charge in [0.05, 0.1) is 5.92 Å². The average Bonchev–Trinajstić information content (AvgIpc) is 3.11. The van der Waals surface area contributed by atoms with Gasteiger partial charge in [-0.3, -0.25) is 14.4 Å². The van der Waals surface area contributed by atoms with E-state index in [2.05, 4.69) is 5.32 Å². The lowest BCUT2D eigenvalue weighted by atomic mass is 10.1. The molecule has 1 aliphatic heterocycles. The molecule has 3 rings (SSSR count). The van der Waals surface area contributed by atoms with E-state index in [0.717, 1.165) is 17.5 Å². The summed E-state index contributed by atoms with van der Waals surface area (Å²) >= 11 is 5.82. The van der Waals surface area contributed by atoms with Crippen molar-refractivity contribution in [3.63, 3.8) is 0 Å². The molecule has 6 nitrogen and oxygen atoms in total. The first-order valence-electron chi connectivity index (χ1n) is 9.51. The zero-order valence-corrected chi connectivity index (χ0v) is 16.7. The Balaban J connectivity index is 1.38. The minimum absolute atomic E-state index is 0.0601. The summed E-state index contributed by atoms with van der Waals surface area (Å²) in [5, 5.41) is 3.31. The highest BCUT2D eigenvalue weighted by Gasteiger charge is 2.35. The second kappa shape index (κ2) is 10.1. The van der Waals surface area contributed by atoms with Crippen LogP contribution < -0.4 is 5.32 Å². The molecule has 29 heavy (non-hydrogen) atoms. The van der Waals surface area contributed by atoms with Crippen LogP contribution in [-0.4, -0.2) is 42.4 Å². The van der Waals surface area contributed by atoms with Gasteiger partial charge in [0, 0.05) is 31.1 Å². The van der Waals surface area contributed by atoms with Crippen molar-refractivity contribution >= 4 is 29.4 Å². The van der Waals surface area contributed by atoms with Gasteiger partial charge in [-0.2, -0.15) is 0 Å². The highest BCUT2D eigenvalue weighted by molar-refractivity contribution is 6.30. The maximum absolute atomic E-state index is 12.2. The zero-order valence-electron chi connectivity index (χ0n) is 16.0. The Hall–Kier alpha value is -2.86. The number of amides is 2. The third-order valence-electron chi connectivity index (χ3n) is 4.81. The van der Waals surface area contributed by atoms with E-state index in [-0.39, 0.29) is 18.9 Å². The summed E-state index contributed by atoms with van der Waals surface area (Å²) in [7, 11) is 0. The van der Waals surface area contributed by atoms with Crippen LogP contribution in [0.4, 0.5) is 0 Å². The topological polar surface area (TPSA) is 75.7 Å². The number of nitrogens with zero attached hydrogens (tertiary/aromatic N) is 1. The molecule has 0 aliphatic carbocycles. The number of rotatable bonds is 8. The SMILES string of the molecule is O=C(COC(=O)[C@@H]1CC(=O)N(CCc2ccccc2)C1)NCc1ccc(Cl)cc1. The number of nitrogens with one attached hydrogen (secondary N) is 1. The predicted octanol–water partition coefficient (Wildman–Crippen LogP) is 2.59. The van der Waals surface area contributed by atoms with Gasteiger partial charge in [-0.25, -0.2) is 0 Å². The molecule has 1 aliphatic rings. The maximum atomic E-state index is 12.2. The summed E-state index contributed by atoms with van der Waals surface area (Å²) in [5.41, 5.74) is 2.04. The molecule has 1 heterocycles. The number of hydrogen-bond acceptors (Lipinski definition) is 4. The Morgan fingerprint density at radius 1 is 1.07 bits per heavy atom. The molecule has 1 atom stereocenters. The number of benzene rings is 2. The normalized spacial score (nSPS) is 16.0. The van der Waals surface area contributed by atoms with Crippen molar-refractivity contribution in [1.82, 2.24) is 10.2 Å². The summed E-state index contributed by atoms with van der Waals surface area (Å²) in [6, 6.07) is 17.0. The molecule has 0 unspecified atom stereocenters. The van der Waals surface area contributed by atoms with Gasteiger partial charge in [0.2, 0.25) is 5.91 Å². The number of halogens is 1. The van der Waals surface area contributed by atoms with Crippen LogP contribution in [0.5, 0.6) is 0 Å². The zero-order chi connectivity index (χ0) is 20.6. The molecule has 152 valence electrons. The van der Waals surface area contributed by atoms with Crippen LogP contribution in [0.1, 0.15) is 17.5 Å². The van der Waals surface area contributed by atoms with Gasteiger partial charge in [-0.15, -0.1) is 0 Å². The van der Waals surface area contributed by atoms with Gasteiger partial charge in [-0.05, 0) is 29.7 Å². The van der Waals surface area contributed by atoms with Crippen LogP contribution in [0.3, 0.4) is 0 Å². The van der Waals surface area contributed by atoms with Crippen LogP contribution in [0, 0.1) is 5.92 Å². The van der Waals surface area contributed by atoms with Crippen LogP contribution >= 0.6 is 11.6 Å². The second-order valence-electron chi connectivity index (χ2n) is 6.99. The van der Waals surface area contributed by atoms with Crippen LogP contribution in [0.15, 0.2) is 54.6 Å². The monoisotopic (exact) mass is 414 g/mol. The molecular weight excluding hydrogens is 392 g/mol. The predicted molar refractivity (Wildman–Crippen MR) is 109 cm³/mol. The number of carbonyl (C=O) groups excluding carboxylic acids is 3. The molecule has 0 spiro atoms. The van der Waals surface area contributed by atoms with Crippen molar-refractivity contribution in [3.8, 4) is 0 Å². The van der Waals surface area contributed by atoms with E-state index in [1.807, 2.05) is 42.5 Å². The van der Waals surface area contributed by atoms with Crippen molar-refractivity contribution in [2.24, 2.45) is 5.92 Å². The molecule has 0 saturated carbocycles. The number of ether oxygens (including phenoxy) is 1. The Morgan fingerprint density at radius 3 is 2.52 bits per heavy atom. The van der Waals surface area contributed by atoms with Crippen LogP contribution in [0.2, 0.25) is 5.02 Å². The Kier molecular flexibility index (Phi) is 7.25. The second-order valence-corrected chi connectivity index (χ2v) is 7.42. The van der Waals surface area contributed by atoms with Gasteiger partial charge in [-0.1, -0.05) is 54.1 Å². The summed E-state index contributed by atoms with van der Waals surface area (Å²) < 4.78 is 5.10. The van der Waals surface area contributed by atoms with Crippen LogP contribution in [0.25, 0.3) is 0 Å². The largest absolute Gasteiger partial charge is 0.455 e. The molecule has 7 heteroatoms. The Morgan fingerprint density at radius 2 is 1.79 bits per heavy atom. The summed E-state index contributed by atoms with van der Waals surface area (Å²) in [6.45, 7) is 0.856. The minimum atomic E-state index is -0.526. The Labute approximate surface area is 174 Å². The third kappa shape index (κ3) is 6.32. The Bertz CT molecular complexity index is 855. The summed E-state index contributed by atoms with van der Waals surface area (Å²) in [6.07, 6.45) is 0.863. The molecule has 2 aromatic rings.